The molecule has 0 aliphatic rings. The zero-order valence-electron chi connectivity index (χ0n) is 15.9. The minimum atomic E-state index is -0.0765. The van der Waals surface area contributed by atoms with Crippen LogP contribution in [0.1, 0.15) is 103 Å². The van der Waals surface area contributed by atoms with Crippen molar-refractivity contribution in [3.05, 3.63) is 0 Å². The molecule has 23 heavy (non-hydrogen) atoms. The molecule has 0 amide bonds. The van der Waals surface area contributed by atoms with Gasteiger partial charge in [0.05, 0.1) is 13.2 Å². The van der Waals surface area contributed by atoms with Crippen LogP contribution >= 0.6 is 0 Å². The van der Waals surface area contributed by atoms with Crippen LogP contribution in [-0.2, 0) is 14.3 Å². The Morgan fingerprint density at radius 2 is 1.22 bits per heavy atom. The molecule has 138 valence electrons. The summed E-state index contributed by atoms with van der Waals surface area (Å²) in [5, 5.41) is 0. The standard InChI is InChI=1S/C20H40O3/c1-4-5-6-13-16-19(22-2)17-14-11-9-7-8-10-12-15-18-20(21)23-3/h19H,4-18H2,1-3H3/t19-/m1/s1. The molecule has 0 radical (unpaired) electrons. The fourth-order valence-corrected chi connectivity index (χ4v) is 2.98. The smallest absolute Gasteiger partial charge is 0.305 e. The summed E-state index contributed by atoms with van der Waals surface area (Å²) in [6.07, 6.45) is 18.8. The van der Waals surface area contributed by atoms with E-state index in [0.29, 0.717) is 12.5 Å². The molecule has 0 aromatic carbocycles. The first-order valence-electron chi connectivity index (χ1n) is 9.84. The second-order valence-corrected chi connectivity index (χ2v) is 6.65. The Hall–Kier alpha value is -0.570. The van der Waals surface area contributed by atoms with Gasteiger partial charge in [-0.15, -0.1) is 0 Å². The molecule has 0 fully saturated rings. The number of carbonyl (C=O) groups is 1. The topological polar surface area (TPSA) is 35.5 Å². The van der Waals surface area contributed by atoms with Crippen LogP contribution in [0.25, 0.3) is 0 Å². The van der Waals surface area contributed by atoms with E-state index in [9.17, 15) is 4.79 Å². The van der Waals surface area contributed by atoms with E-state index in [1.54, 1.807) is 0 Å². The predicted molar refractivity (Wildman–Crippen MR) is 97.7 cm³/mol. The molecule has 0 aromatic rings. The Morgan fingerprint density at radius 1 is 0.739 bits per heavy atom. The Kier molecular flexibility index (Phi) is 17.3. The first-order chi connectivity index (χ1) is 11.2. The Balaban J connectivity index is 3.28. The predicted octanol–water partition coefficient (Wildman–Crippen LogP) is 6.05. The average molecular weight is 329 g/mol. The maximum absolute atomic E-state index is 11.0. The van der Waals surface area contributed by atoms with Crippen LogP contribution in [0.5, 0.6) is 0 Å². The third-order valence-corrected chi connectivity index (χ3v) is 4.60. The summed E-state index contributed by atoms with van der Waals surface area (Å²) in [6, 6.07) is 0. The fraction of sp³-hybridized carbons (Fsp3) is 0.950. The molecular weight excluding hydrogens is 288 g/mol. The molecule has 0 rings (SSSR count). The SMILES string of the molecule is CCCCCC[C@H](CCCCCCCCCCC(=O)OC)OC. The van der Waals surface area contributed by atoms with Crippen LogP contribution in [-0.4, -0.2) is 26.3 Å². The molecule has 0 N–H and O–H groups in total. The van der Waals surface area contributed by atoms with Crippen molar-refractivity contribution in [2.24, 2.45) is 0 Å². The highest BCUT2D eigenvalue weighted by Gasteiger charge is 2.06. The van der Waals surface area contributed by atoms with Crippen LogP contribution in [0, 0.1) is 0 Å². The second kappa shape index (κ2) is 17.8. The molecule has 0 bridgehead atoms. The minimum absolute atomic E-state index is 0.0765. The maximum Gasteiger partial charge on any atom is 0.305 e. The molecule has 1 atom stereocenters. The van der Waals surface area contributed by atoms with Crippen molar-refractivity contribution in [1.82, 2.24) is 0 Å². The largest absolute Gasteiger partial charge is 0.469 e. The number of hydrogen-bond acceptors (Lipinski definition) is 3. The summed E-state index contributed by atoms with van der Waals surface area (Å²) in [7, 11) is 3.32. The maximum atomic E-state index is 11.0. The summed E-state index contributed by atoms with van der Waals surface area (Å²) in [5.41, 5.74) is 0. The summed E-state index contributed by atoms with van der Waals surface area (Å²) in [5.74, 6) is -0.0765. The van der Waals surface area contributed by atoms with Crippen LogP contribution in [0.2, 0.25) is 0 Å². The highest BCUT2D eigenvalue weighted by molar-refractivity contribution is 5.68. The number of unbranched alkanes of at least 4 members (excludes halogenated alkanes) is 10. The fourth-order valence-electron chi connectivity index (χ4n) is 2.98. The van der Waals surface area contributed by atoms with Gasteiger partial charge < -0.3 is 9.47 Å². The number of ether oxygens (including phenoxy) is 2. The molecule has 0 heterocycles. The van der Waals surface area contributed by atoms with Gasteiger partial charge in [0.1, 0.15) is 0 Å². The van der Waals surface area contributed by atoms with Crippen molar-refractivity contribution >= 4 is 5.97 Å². The van der Waals surface area contributed by atoms with Gasteiger partial charge in [-0.1, -0.05) is 77.6 Å². The van der Waals surface area contributed by atoms with Gasteiger partial charge in [0.15, 0.2) is 0 Å². The van der Waals surface area contributed by atoms with E-state index in [2.05, 4.69) is 11.7 Å². The number of methoxy groups -OCH3 is 2. The third-order valence-electron chi connectivity index (χ3n) is 4.60. The van der Waals surface area contributed by atoms with Gasteiger partial charge in [-0.3, -0.25) is 4.79 Å². The van der Waals surface area contributed by atoms with Crippen molar-refractivity contribution in [2.45, 2.75) is 109 Å². The molecule has 0 spiro atoms. The van der Waals surface area contributed by atoms with Crippen LogP contribution in [0.3, 0.4) is 0 Å². The zero-order valence-corrected chi connectivity index (χ0v) is 15.9. The van der Waals surface area contributed by atoms with Gasteiger partial charge >= 0.3 is 5.97 Å². The normalized spacial score (nSPS) is 12.3. The Labute approximate surface area is 144 Å². The van der Waals surface area contributed by atoms with Crippen molar-refractivity contribution in [3.63, 3.8) is 0 Å². The first kappa shape index (κ1) is 22.4. The molecule has 0 aliphatic carbocycles. The third kappa shape index (κ3) is 16.1. The summed E-state index contributed by atoms with van der Waals surface area (Å²) < 4.78 is 10.2. The van der Waals surface area contributed by atoms with Crippen molar-refractivity contribution < 1.29 is 14.3 Å². The van der Waals surface area contributed by atoms with E-state index in [0.717, 1.165) is 12.8 Å². The lowest BCUT2D eigenvalue weighted by Crippen LogP contribution is -2.10. The molecule has 0 aliphatic heterocycles. The van der Waals surface area contributed by atoms with Crippen molar-refractivity contribution in [1.29, 1.82) is 0 Å². The monoisotopic (exact) mass is 328 g/mol. The van der Waals surface area contributed by atoms with Gasteiger partial charge in [-0.25, -0.2) is 0 Å². The van der Waals surface area contributed by atoms with E-state index in [1.165, 1.54) is 84.2 Å². The number of carbonyl (C=O) groups excluding carboxylic acids is 1. The molecule has 3 nitrogen and oxygen atoms in total. The lowest BCUT2D eigenvalue weighted by molar-refractivity contribution is -0.140. The van der Waals surface area contributed by atoms with E-state index < -0.39 is 0 Å². The number of rotatable bonds is 17. The summed E-state index contributed by atoms with van der Waals surface area (Å²) >= 11 is 0. The highest BCUT2D eigenvalue weighted by atomic mass is 16.5. The zero-order chi connectivity index (χ0) is 17.2. The molecule has 0 saturated heterocycles. The van der Waals surface area contributed by atoms with E-state index in [1.807, 2.05) is 7.11 Å². The van der Waals surface area contributed by atoms with Crippen LogP contribution in [0.15, 0.2) is 0 Å². The second-order valence-electron chi connectivity index (χ2n) is 6.65. The van der Waals surface area contributed by atoms with Gasteiger partial charge in [-0.2, -0.15) is 0 Å². The van der Waals surface area contributed by atoms with Crippen LogP contribution < -0.4 is 0 Å². The molecule has 0 saturated carbocycles. The van der Waals surface area contributed by atoms with Crippen molar-refractivity contribution in [3.8, 4) is 0 Å². The molecule has 0 aromatic heterocycles. The average Bonchev–Trinajstić information content (AvgIpc) is 2.57. The number of esters is 1. The lowest BCUT2D eigenvalue weighted by Gasteiger charge is -2.15. The number of hydrogen-bond donors (Lipinski definition) is 0. The Bertz CT molecular complexity index is 253. The molecular formula is C20H40O3. The van der Waals surface area contributed by atoms with E-state index >= 15 is 0 Å². The quantitative estimate of drug-likeness (QED) is 0.241. The van der Waals surface area contributed by atoms with Gasteiger partial charge in [-0.05, 0) is 19.3 Å². The Morgan fingerprint density at radius 3 is 1.70 bits per heavy atom. The summed E-state index contributed by atoms with van der Waals surface area (Å²) in [4.78, 5) is 11.0. The van der Waals surface area contributed by atoms with Crippen molar-refractivity contribution in [2.75, 3.05) is 14.2 Å². The molecule has 0 unspecified atom stereocenters. The molecule has 3 heteroatoms. The highest BCUT2D eigenvalue weighted by Crippen LogP contribution is 2.16. The summed E-state index contributed by atoms with van der Waals surface area (Å²) in [6.45, 7) is 2.26. The van der Waals surface area contributed by atoms with Gasteiger partial charge in [0.2, 0.25) is 0 Å². The van der Waals surface area contributed by atoms with E-state index in [-0.39, 0.29) is 5.97 Å². The minimum Gasteiger partial charge on any atom is -0.469 e. The van der Waals surface area contributed by atoms with Gasteiger partial charge in [0, 0.05) is 13.5 Å². The van der Waals surface area contributed by atoms with Crippen LogP contribution in [0.4, 0.5) is 0 Å². The lowest BCUT2D eigenvalue weighted by atomic mass is 10.0. The first-order valence-corrected chi connectivity index (χ1v) is 9.84. The van der Waals surface area contributed by atoms with E-state index in [4.69, 9.17) is 4.74 Å². The van der Waals surface area contributed by atoms with Gasteiger partial charge in [0.25, 0.3) is 0 Å².